The minimum absolute atomic E-state index is 0. The zero-order chi connectivity index (χ0) is 6.78. The number of hydrogen-bond donors (Lipinski definition) is 1. The average Bonchev–Trinajstić information content (AvgIpc) is 1.67. The van der Waals surface area contributed by atoms with Gasteiger partial charge in [0.25, 0.3) is 0 Å². The summed E-state index contributed by atoms with van der Waals surface area (Å²) in [5, 5.41) is 8.44. The van der Waals surface area contributed by atoms with Crippen LogP contribution in [0.25, 0.3) is 0 Å². The van der Waals surface area contributed by atoms with E-state index >= 15 is 0 Å². The van der Waals surface area contributed by atoms with E-state index in [0.29, 0.717) is 6.42 Å². The Morgan fingerprint density at radius 1 is 1.56 bits per heavy atom. The van der Waals surface area contributed by atoms with Gasteiger partial charge in [0.2, 0.25) is 0 Å². The van der Waals surface area contributed by atoms with Crippen LogP contribution in [0.1, 0.15) is 27.2 Å². The maximum Gasteiger partial charge on any atom is 0.309 e. The van der Waals surface area contributed by atoms with Gasteiger partial charge in [-0.25, -0.2) is 0 Å². The normalized spacial score (nSPS) is 10.1. The summed E-state index contributed by atoms with van der Waals surface area (Å²) in [5.74, 6) is -0.722. The number of carboxylic acids is 1. The van der Waals surface area contributed by atoms with Crippen molar-refractivity contribution in [3.05, 3.63) is 0 Å². The molecule has 0 aromatic rings. The number of aliphatic carboxylic acids is 1. The van der Waals surface area contributed by atoms with Crippen molar-refractivity contribution in [2.45, 2.75) is 27.2 Å². The van der Waals surface area contributed by atoms with E-state index < -0.39 is 11.4 Å². The fourth-order valence-corrected chi connectivity index (χ4v) is 0.151. The monoisotopic (exact) mass is 179 g/mol. The SMILES string of the molecule is CCC(C)(C)C(=O)O.[Cu]. The fourth-order valence-electron chi connectivity index (χ4n) is 0.151. The predicted molar refractivity (Wildman–Crippen MR) is 31.7 cm³/mol. The molecule has 0 aromatic heterocycles. The van der Waals surface area contributed by atoms with Gasteiger partial charge in [-0.1, -0.05) is 6.92 Å². The number of carboxylic acid groups (broad SMARTS) is 1. The molecule has 9 heavy (non-hydrogen) atoms. The second-order valence-electron chi connectivity index (χ2n) is 2.54. The largest absolute Gasteiger partial charge is 0.481 e. The molecule has 3 heteroatoms. The number of rotatable bonds is 2. The summed E-state index contributed by atoms with van der Waals surface area (Å²) in [6, 6.07) is 0. The third-order valence-corrected chi connectivity index (χ3v) is 1.46. The first-order valence-electron chi connectivity index (χ1n) is 2.74. The van der Waals surface area contributed by atoms with Gasteiger partial charge in [-0.15, -0.1) is 0 Å². The average molecular weight is 180 g/mol. The molecule has 0 bridgehead atoms. The Labute approximate surface area is 66.1 Å². The van der Waals surface area contributed by atoms with E-state index in [1.54, 1.807) is 13.8 Å². The van der Waals surface area contributed by atoms with Crippen LogP contribution in [0.15, 0.2) is 0 Å². The first-order chi connectivity index (χ1) is 3.50. The Morgan fingerprint density at radius 2 is 1.89 bits per heavy atom. The minimum Gasteiger partial charge on any atom is -0.481 e. The molecule has 0 aliphatic carbocycles. The van der Waals surface area contributed by atoms with Crippen LogP contribution >= 0.6 is 0 Å². The molecule has 2 nitrogen and oxygen atoms in total. The maximum absolute atomic E-state index is 10.3. The van der Waals surface area contributed by atoms with Gasteiger partial charge >= 0.3 is 5.97 Å². The predicted octanol–water partition coefficient (Wildman–Crippen LogP) is 1.50. The molecule has 0 heterocycles. The van der Waals surface area contributed by atoms with E-state index in [2.05, 4.69) is 0 Å². The zero-order valence-electron chi connectivity index (χ0n) is 5.86. The van der Waals surface area contributed by atoms with Crippen LogP contribution in [-0.4, -0.2) is 11.1 Å². The summed E-state index contributed by atoms with van der Waals surface area (Å²) in [7, 11) is 0. The van der Waals surface area contributed by atoms with E-state index in [9.17, 15) is 4.79 Å². The van der Waals surface area contributed by atoms with Crippen molar-refractivity contribution in [3.8, 4) is 0 Å². The van der Waals surface area contributed by atoms with Gasteiger partial charge in [0, 0.05) is 17.1 Å². The third kappa shape index (κ3) is 3.55. The Kier molecular flexibility index (Phi) is 5.10. The molecule has 0 unspecified atom stereocenters. The van der Waals surface area contributed by atoms with Crippen LogP contribution in [-0.2, 0) is 21.9 Å². The van der Waals surface area contributed by atoms with Crippen molar-refractivity contribution in [1.82, 2.24) is 0 Å². The Balaban J connectivity index is 0. The van der Waals surface area contributed by atoms with E-state index in [1.807, 2.05) is 6.92 Å². The molecular weight excluding hydrogens is 168 g/mol. The van der Waals surface area contributed by atoms with Gasteiger partial charge in [0.05, 0.1) is 5.41 Å². The molecule has 1 N–H and O–H groups in total. The van der Waals surface area contributed by atoms with E-state index in [-0.39, 0.29) is 17.1 Å². The molecule has 0 aliphatic rings. The molecule has 0 atom stereocenters. The van der Waals surface area contributed by atoms with Crippen molar-refractivity contribution >= 4 is 5.97 Å². The summed E-state index contributed by atoms with van der Waals surface area (Å²) in [6.45, 7) is 5.30. The second kappa shape index (κ2) is 3.91. The molecule has 0 spiro atoms. The van der Waals surface area contributed by atoms with Gasteiger partial charge in [0.1, 0.15) is 0 Å². The van der Waals surface area contributed by atoms with Gasteiger partial charge in [-0.05, 0) is 20.3 Å². The standard InChI is InChI=1S/C6H12O2.Cu/c1-4-6(2,3)5(7)8;/h4H2,1-3H3,(H,7,8);. The van der Waals surface area contributed by atoms with Crippen LogP contribution in [0, 0.1) is 5.41 Å². The van der Waals surface area contributed by atoms with E-state index in [4.69, 9.17) is 5.11 Å². The molecular formula is C6H12CuO2. The van der Waals surface area contributed by atoms with E-state index in [0.717, 1.165) is 0 Å². The molecule has 0 aromatic carbocycles. The van der Waals surface area contributed by atoms with Gasteiger partial charge in [-0.2, -0.15) is 0 Å². The van der Waals surface area contributed by atoms with E-state index in [1.165, 1.54) is 0 Å². The molecule has 0 saturated heterocycles. The van der Waals surface area contributed by atoms with Gasteiger partial charge in [-0.3, -0.25) is 4.79 Å². The van der Waals surface area contributed by atoms with Crippen molar-refractivity contribution in [1.29, 1.82) is 0 Å². The van der Waals surface area contributed by atoms with Gasteiger partial charge < -0.3 is 5.11 Å². The summed E-state index contributed by atoms with van der Waals surface area (Å²) < 4.78 is 0. The molecule has 0 aliphatic heterocycles. The smallest absolute Gasteiger partial charge is 0.309 e. The molecule has 59 valence electrons. The number of hydrogen-bond acceptors (Lipinski definition) is 1. The first-order valence-corrected chi connectivity index (χ1v) is 2.74. The Morgan fingerprint density at radius 3 is 1.89 bits per heavy atom. The van der Waals surface area contributed by atoms with Crippen LogP contribution in [0.3, 0.4) is 0 Å². The topological polar surface area (TPSA) is 37.3 Å². The van der Waals surface area contributed by atoms with Crippen molar-refractivity contribution < 1.29 is 27.0 Å². The maximum atomic E-state index is 10.3. The number of carbonyl (C=O) groups is 1. The Hall–Kier alpha value is -0.0105. The second-order valence-corrected chi connectivity index (χ2v) is 2.54. The van der Waals surface area contributed by atoms with Crippen LogP contribution in [0.5, 0.6) is 0 Å². The third-order valence-electron chi connectivity index (χ3n) is 1.46. The van der Waals surface area contributed by atoms with Crippen molar-refractivity contribution in [3.63, 3.8) is 0 Å². The quantitative estimate of drug-likeness (QED) is 0.653. The first kappa shape index (κ1) is 11.7. The zero-order valence-corrected chi connectivity index (χ0v) is 6.81. The summed E-state index contributed by atoms with van der Waals surface area (Å²) in [6.07, 6.45) is 0.683. The fraction of sp³-hybridized carbons (Fsp3) is 0.833. The van der Waals surface area contributed by atoms with Crippen LogP contribution in [0.4, 0.5) is 0 Å². The van der Waals surface area contributed by atoms with Crippen LogP contribution in [0.2, 0.25) is 0 Å². The minimum atomic E-state index is -0.722. The molecule has 0 rings (SSSR count). The molecule has 0 fully saturated rings. The Bertz CT molecular complexity index is 99.2. The van der Waals surface area contributed by atoms with Gasteiger partial charge in [0.15, 0.2) is 0 Å². The van der Waals surface area contributed by atoms with Crippen molar-refractivity contribution in [2.24, 2.45) is 5.41 Å². The summed E-state index contributed by atoms with van der Waals surface area (Å²) >= 11 is 0. The van der Waals surface area contributed by atoms with Crippen molar-refractivity contribution in [2.75, 3.05) is 0 Å². The molecule has 0 saturated carbocycles. The van der Waals surface area contributed by atoms with Crippen LogP contribution < -0.4 is 0 Å². The summed E-state index contributed by atoms with van der Waals surface area (Å²) in [5.41, 5.74) is -0.542. The molecule has 0 amide bonds. The summed E-state index contributed by atoms with van der Waals surface area (Å²) in [4.78, 5) is 10.3. The molecule has 1 radical (unpaired) electrons.